The first-order chi connectivity index (χ1) is 9.19. The van der Waals surface area contributed by atoms with Crippen molar-refractivity contribution in [1.29, 1.82) is 0 Å². The van der Waals surface area contributed by atoms with E-state index < -0.39 is 0 Å². The van der Waals surface area contributed by atoms with Crippen LogP contribution in [-0.2, 0) is 16.1 Å². The van der Waals surface area contributed by atoms with Crippen molar-refractivity contribution in [3.05, 3.63) is 36.5 Å². The first-order valence-corrected chi connectivity index (χ1v) is 6.18. The van der Waals surface area contributed by atoms with Crippen LogP contribution in [0, 0.1) is 0 Å². The molecule has 0 radical (unpaired) electrons. The Morgan fingerprint density at radius 3 is 2.95 bits per heavy atom. The molecule has 5 heteroatoms. The number of nitrogens with zero attached hydrogens (tertiary/aromatic N) is 2. The van der Waals surface area contributed by atoms with Gasteiger partial charge in [0, 0.05) is 19.2 Å². The molecule has 0 atom stereocenters. The number of methoxy groups -OCH3 is 1. The second kappa shape index (κ2) is 8.26. The zero-order valence-electron chi connectivity index (χ0n) is 11.5. The van der Waals surface area contributed by atoms with Gasteiger partial charge in [0.2, 0.25) is 5.88 Å². The molecule has 0 saturated carbocycles. The van der Waals surface area contributed by atoms with Crippen LogP contribution < -0.4 is 4.74 Å². The van der Waals surface area contributed by atoms with Crippen LogP contribution in [0.25, 0.3) is 0 Å². The fourth-order valence-corrected chi connectivity index (χ4v) is 1.65. The molecule has 104 valence electrons. The lowest BCUT2D eigenvalue weighted by atomic mass is 10.3. The monoisotopic (exact) mass is 264 g/mol. The zero-order valence-corrected chi connectivity index (χ0v) is 11.5. The molecule has 0 aromatic carbocycles. The topological polar surface area (TPSA) is 51.7 Å². The van der Waals surface area contributed by atoms with Crippen molar-refractivity contribution >= 4 is 5.97 Å². The molecule has 1 aromatic rings. The number of pyridine rings is 1. The molecule has 5 nitrogen and oxygen atoms in total. The fourth-order valence-electron chi connectivity index (χ4n) is 1.65. The van der Waals surface area contributed by atoms with Gasteiger partial charge >= 0.3 is 5.97 Å². The van der Waals surface area contributed by atoms with E-state index in [1.807, 2.05) is 17.0 Å². The Kier molecular flexibility index (Phi) is 6.60. The van der Waals surface area contributed by atoms with E-state index in [9.17, 15) is 4.79 Å². The van der Waals surface area contributed by atoms with Crippen LogP contribution in [0.15, 0.2) is 30.9 Å². The summed E-state index contributed by atoms with van der Waals surface area (Å²) in [5.74, 6) is 0.319. The van der Waals surface area contributed by atoms with Crippen molar-refractivity contribution in [1.82, 2.24) is 9.88 Å². The molecular formula is C14H20N2O3. The average molecular weight is 264 g/mol. The molecule has 19 heavy (non-hydrogen) atoms. The van der Waals surface area contributed by atoms with Crippen molar-refractivity contribution in [3.8, 4) is 5.88 Å². The Balaban J connectivity index is 2.65. The van der Waals surface area contributed by atoms with E-state index in [0.29, 0.717) is 25.6 Å². The normalized spacial score (nSPS) is 10.3. The molecule has 0 spiro atoms. The lowest BCUT2D eigenvalue weighted by Gasteiger charge is -2.19. The number of hydrogen-bond acceptors (Lipinski definition) is 5. The summed E-state index contributed by atoms with van der Waals surface area (Å²) >= 11 is 0. The van der Waals surface area contributed by atoms with Gasteiger partial charge in [-0.25, -0.2) is 4.98 Å². The van der Waals surface area contributed by atoms with Crippen LogP contribution >= 0.6 is 0 Å². The van der Waals surface area contributed by atoms with E-state index in [4.69, 9.17) is 9.47 Å². The predicted octanol–water partition coefficient (Wildman–Crippen LogP) is 1.64. The third-order valence-electron chi connectivity index (χ3n) is 2.42. The Morgan fingerprint density at radius 2 is 2.32 bits per heavy atom. The van der Waals surface area contributed by atoms with Gasteiger partial charge in [0.25, 0.3) is 0 Å². The van der Waals surface area contributed by atoms with Crippen molar-refractivity contribution in [2.75, 3.05) is 26.8 Å². The van der Waals surface area contributed by atoms with Crippen molar-refractivity contribution in [3.63, 3.8) is 0 Å². The van der Waals surface area contributed by atoms with Gasteiger partial charge in [-0.15, -0.1) is 6.58 Å². The van der Waals surface area contributed by atoms with E-state index >= 15 is 0 Å². The van der Waals surface area contributed by atoms with Crippen molar-refractivity contribution in [2.24, 2.45) is 0 Å². The SMILES string of the molecule is C=CCN(CC(=O)OCC)Cc1cccc(OC)n1. The molecule has 1 heterocycles. The number of aromatic nitrogens is 1. The Labute approximate surface area is 113 Å². The quantitative estimate of drug-likeness (QED) is 0.528. The van der Waals surface area contributed by atoms with Gasteiger partial charge < -0.3 is 9.47 Å². The van der Waals surface area contributed by atoms with Gasteiger partial charge in [-0.3, -0.25) is 9.69 Å². The Morgan fingerprint density at radius 1 is 1.53 bits per heavy atom. The maximum atomic E-state index is 11.5. The third kappa shape index (κ3) is 5.52. The van der Waals surface area contributed by atoms with E-state index in [-0.39, 0.29) is 12.5 Å². The smallest absolute Gasteiger partial charge is 0.320 e. The highest BCUT2D eigenvalue weighted by molar-refractivity contribution is 5.71. The number of esters is 1. The van der Waals surface area contributed by atoms with E-state index in [2.05, 4.69) is 11.6 Å². The summed E-state index contributed by atoms with van der Waals surface area (Å²) in [4.78, 5) is 17.7. The summed E-state index contributed by atoms with van der Waals surface area (Å²) < 4.78 is 10.0. The van der Waals surface area contributed by atoms with E-state index in [0.717, 1.165) is 5.69 Å². The van der Waals surface area contributed by atoms with Gasteiger partial charge in [0.1, 0.15) is 0 Å². The van der Waals surface area contributed by atoms with Gasteiger partial charge in [0.15, 0.2) is 0 Å². The largest absolute Gasteiger partial charge is 0.481 e. The molecule has 0 saturated heterocycles. The predicted molar refractivity (Wildman–Crippen MR) is 72.9 cm³/mol. The molecule has 1 aromatic heterocycles. The van der Waals surface area contributed by atoms with Gasteiger partial charge in [-0.05, 0) is 13.0 Å². The first-order valence-electron chi connectivity index (χ1n) is 6.18. The van der Waals surface area contributed by atoms with Crippen molar-refractivity contribution in [2.45, 2.75) is 13.5 Å². The molecular weight excluding hydrogens is 244 g/mol. The summed E-state index contributed by atoms with van der Waals surface area (Å²) in [6.07, 6.45) is 1.75. The molecule has 0 N–H and O–H groups in total. The highest BCUT2D eigenvalue weighted by Crippen LogP contribution is 2.09. The van der Waals surface area contributed by atoms with Crippen LogP contribution in [0.3, 0.4) is 0 Å². The Hall–Kier alpha value is -1.88. The van der Waals surface area contributed by atoms with Crippen LogP contribution in [0.2, 0.25) is 0 Å². The van der Waals surface area contributed by atoms with E-state index in [1.54, 1.807) is 26.2 Å². The number of carbonyl (C=O) groups excluding carboxylic acids is 1. The molecule has 0 aliphatic rings. The molecule has 0 aliphatic heterocycles. The summed E-state index contributed by atoms with van der Waals surface area (Å²) in [6.45, 7) is 7.23. The average Bonchev–Trinajstić information content (AvgIpc) is 2.39. The summed E-state index contributed by atoms with van der Waals surface area (Å²) in [5, 5.41) is 0. The minimum absolute atomic E-state index is 0.221. The van der Waals surface area contributed by atoms with Gasteiger partial charge in [-0.1, -0.05) is 12.1 Å². The Bertz CT molecular complexity index is 421. The highest BCUT2D eigenvalue weighted by Gasteiger charge is 2.11. The number of rotatable bonds is 8. The van der Waals surface area contributed by atoms with E-state index in [1.165, 1.54) is 0 Å². The third-order valence-corrected chi connectivity index (χ3v) is 2.42. The van der Waals surface area contributed by atoms with Crippen LogP contribution in [-0.4, -0.2) is 42.7 Å². The minimum atomic E-state index is -0.243. The maximum Gasteiger partial charge on any atom is 0.320 e. The van der Waals surface area contributed by atoms with Gasteiger partial charge in [0.05, 0.1) is 26.0 Å². The molecule has 0 bridgehead atoms. The molecule has 0 fully saturated rings. The number of carbonyl (C=O) groups is 1. The summed E-state index contributed by atoms with van der Waals surface area (Å²) in [6, 6.07) is 5.55. The zero-order chi connectivity index (χ0) is 14.1. The fraction of sp³-hybridized carbons (Fsp3) is 0.429. The van der Waals surface area contributed by atoms with Crippen LogP contribution in [0.4, 0.5) is 0 Å². The second-order valence-electron chi connectivity index (χ2n) is 3.93. The molecule has 0 aliphatic carbocycles. The minimum Gasteiger partial charge on any atom is -0.481 e. The highest BCUT2D eigenvalue weighted by atomic mass is 16.5. The van der Waals surface area contributed by atoms with Gasteiger partial charge in [-0.2, -0.15) is 0 Å². The number of ether oxygens (including phenoxy) is 2. The number of hydrogen-bond donors (Lipinski definition) is 0. The second-order valence-corrected chi connectivity index (χ2v) is 3.93. The maximum absolute atomic E-state index is 11.5. The molecule has 0 unspecified atom stereocenters. The van der Waals surface area contributed by atoms with Crippen LogP contribution in [0.5, 0.6) is 5.88 Å². The van der Waals surface area contributed by atoms with Crippen molar-refractivity contribution < 1.29 is 14.3 Å². The molecule has 1 rings (SSSR count). The van der Waals surface area contributed by atoms with Crippen LogP contribution in [0.1, 0.15) is 12.6 Å². The lowest BCUT2D eigenvalue weighted by molar-refractivity contribution is -0.144. The summed E-state index contributed by atoms with van der Waals surface area (Å²) in [7, 11) is 1.58. The summed E-state index contributed by atoms with van der Waals surface area (Å²) in [5.41, 5.74) is 0.838. The molecule has 0 amide bonds. The standard InChI is InChI=1S/C14H20N2O3/c1-4-9-16(11-14(17)19-5-2)10-12-7-6-8-13(15-12)18-3/h4,6-8H,1,5,9-11H2,2-3H3. The first kappa shape index (κ1) is 15.2. The lowest BCUT2D eigenvalue weighted by Crippen LogP contribution is -2.31.